The molecule has 0 heterocycles. The van der Waals surface area contributed by atoms with E-state index in [0.29, 0.717) is 38.8 Å². The van der Waals surface area contributed by atoms with E-state index in [1.165, 1.54) is 55.2 Å². The van der Waals surface area contributed by atoms with E-state index >= 15 is 0 Å². The Hall–Kier alpha value is -8.71. The van der Waals surface area contributed by atoms with Gasteiger partial charge in [0.15, 0.2) is 43.9 Å². The molecule has 0 aliphatic rings. The Balaban J connectivity index is -0.000000155. The molecule has 0 rings (SSSR count). The Morgan fingerprint density at radius 3 is 0.966 bits per heavy atom. The van der Waals surface area contributed by atoms with E-state index < -0.39 is 91.1 Å². The number of rotatable bonds is 43. The summed E-state index contributed by atoms with van der Waals surface area (Å²) in [5.74, 6) is -4.18. The summed E-state index contributed by atoms with van der Waals surface area (Å²) >= 11 is 0. The summed E-state index contributed by atoms with van der Waals surface area (Å²) in [5, 5.41) is 11.1. The minimum atomic E-state index is -0.965. The second-order valence-electron chi connectivity index (χ2n) is 43.6. The fourth-order valence-electron chi connectivity index (χ4n) is 7.81. The average Bonchev–Trinajstić information content (AvgIpc) is 0.923. The number of ether oxygens (including phenoxy) is 19. The molecule has 40 heteroatoms. The molecule has 862 valence electrons. The second kappa shape index (κ2) is 85.0. The van der Waals surface area contributed by atoms with Crippen LogP contribution in [0.3, 0.4) is 0 Å². The van der Waals surface area contributed by atoms with Gasteiger partial charge in [-0.15, -0.1) is 0 Å². The molecule has 0 spiro atoms. The molecule has 40 nitrogen and oxygen atoms in total. The first-order valence-electron chi connectivity index (χ1n) is 48.6. The van der Waals surface area contributed by atoms with Gasteiger partial charge in [0.1, 0.15) is 38.1 Å². The van der Waals surface area contributed by atoms with Crippen molar-refractivity contribution in [1.82, 2.24) is 21.3 Å². The van der Waals surface area contributed by atoms with Crippen molar-refractivity contribution in [3.05, 3.63) is 12.3 Å². The third-order valence-electron chi connectivity index (χ3n) is 14.8. The number of amides is 4. The molecule has 0 aromatic carbocycles. The van der Waals surface area contributed by atoms with Crippen LogP contribution in [0.5, 0.6) is 0 Å². The standard InChI is InChI=1S/C14H25NO4.C13H23NO5.C12H21NO5.2C11H23NO2.C10H21NO3.C10H19NO2.C9H19NO2.C8H15NO3.C7H15NO2.CH4/c1-9(2)12(16)19-11(4)13(17)18-10(3)8-15-14(5,6)7;1-9(7-14-13(3,4)5)18-12(16)10(2)19-11(15)8-17-6;1-9(16-5)11(15)18-8-10(14)17-7-6-13-12(2,3)4;2*1-9(7-12-11(3,4)5)14-8-10(2)13-6;1-7(14-8(2)13-6)9(12)11-10(3,4)5;1-7(2)13-8(3)9(12)11-10(4,5)6;1-9(2,3)10-5-6-12-8-7-11-4;1-6(10)12-5-7(11)9-8(2,3)4;1-7(2,3)8-6(9)5-10-4;/h8-11H,1-7H3;7,9-10H,8H2,1-6H3;6,9H,7-8H2,1-5H3;2*7,9-10H,8H2,1-6H3;7-8H,1-6H3,(H,11,12);8H,1H2,2-6H3,(H,11,12);5H,6-8H2,1-4H3;5H2,1-4H3,(H,9,11);5H2,1-4H3,(H,8,9);1H4. The van der Waals surface area contributed by atoms with E-state index in [-0.39, 0.29) is 149 Å². The second-order valence-corrected chi connectivity index (χ2v) is 43.6. The van der Waals surface area contributed by atoms with E-state index in [9.17, 15) is 52.7 Å². The Bertz CT molecular complexity index is 3630. The van der Waals surface area contributed by atoms with E-state index in [0.717, 1.165) is 0 Å². The normalized spacial score (nSPS) is 14.3. The summed E-state index contributed by atoms with van der Waals surface area (Å²) in [5.41, 5.74) is -1.57. The summed E-state index contributed by atoms with van der Waals surface area (Å²) in [6, 6.07) is 0. The lowest BCUT2D eigenvalue weighted by Crippen LogP contribution is -2.46. The topological polar surface area (TPSA) is 485 Å². The van der Waals surface area contributed by atoms with Crippen molar-refractivity contribution in [2.45, 2.75) is 455 Å². The molecule has 0 fully saturated rings. The number of carbonyl (C=O) groups excluding carboxylic acids is 11. The number of methoxy groups -OCH3 is 7. The highest BCUT2D eigenvalue weighted by atomic mass is 16.7. The van der Waals surface area contributed by atoms with Crippen LogP contribution in [0.4, 0.5) is 0 Å². The van der Waals surface area contributed by atoms with Crippen LogP contribution in [-0.2, 0) is 143 Å². The zero-order chi connectivity index (χ0) is 116. The van der Waals surface area contributed by atoms with Gasteiger partial charge in [0.05, 0.1) is 102 Å². The molecule has 4 amide bonds. The highest BCUT2D eigenvalue weighted by molar-refractivity contribution is 5.84. The smallest absolute Gasteiger partial charge is 0.347 e. The van der Waals surface area contributed by atoms with Gasteiger partial charge in [-0.3, -0.25) is 58.7 Å². The number of carbonyl (C=O) groups is 11. The first-order chi connectivity index (χ1) is 65.4. The first kappa shape index (κ1) is 160. The fourth-order valence-corrected chi connectivity index (χ4v) is 7.81. The molecular formula is C106H208N10O30. The molecule has 0 saturated carbocycles. The number of allylic oxidation sites excluding steroid dienone is 1. The van der Waals surface area contributed by atoms with Crippen molar-refractivity contribution in [1.29, 1.82) is 0 Å². The van der Waals surface area contributed by atoms with Crippen molar-refractivity contribution >= 4 is 103 Å². The van der Waals surface area contributed by atoms with Gasteiger partial charge in [-0.1, -0.05) is 27.9 Å². The van der Waals surface area contributed by atoms with Crippen LogP contribution in [0.25, 0.3) is 0 Å². The third-order valence-corrected chi connectivity index (χ3v) is 14.8. The maximum atomic E-state index is 11.7. The van der Waals surface area contributed by atoms with Crippen molar-refractivity contribution in [2.24, 2.45) is 35.9 Å². The van der Waals surface area contributed by atoms with Gasteiger partial charge in [0.2, 0.25) is 11.8 Å². The van der Waals surface area contributed by atoms with E-state index in [2.05, 4.69) is 139 Å². The largest absolute Gasteiger partial charge is 0.486 e. The number of nitrogens with zero attached hydrogens (tertiary/aromatic N) is 6. The Kier molecular flexibility index (Phi) is 93.1. The van der Waals surface area contributed by atoms with Crippen molar-refractivity contribution in [3.8, 4) is 0 Å². The predicted molar refractivity (Wildman–Crippen MR) is 582 cm³/mol. The molecule has 0 aromatic heterocycles. The average molecular weight is 2100 g/mol. The Labute approximate surface area is 881 Å². The molecule has 0 aromatic rings. The van der Waals surface area contributed by atoms with Crippen LogP contribution in [0.1, 0.15) is 326 Å². The Morgan fingerprint density at radius 1 is 0.315 bits per heavy atom. The van der Waals surface area contributed by atoms with Crippen molar-refractivity contribution in [2.75, 3.05) is 116 Å². The summed E-state index contributed by atoms with van der Waals surface area (Å²) < 4.78 is 94.4. The molecule has 12 unspecified atom stereocenters. The molecular weight excluding hydrogens is 1890 g/mol. The molecule has 0 aliphatic heterocycles. The Morgan fingerprint density at radius 2 is 0.658 bits per heavy atom. The van der Waals surface area contributed by atoms with Gasteiger partial charge in [0, 0.05) is 116 Å². The van der Waals surface area contributed by atoms with Gasteiger partial charge in [0.25, 0.3) is 11.8 Å². The number of esters is 7. The van der Waals surface area contributed by atoms with Crippen molar-refractivity contribution < 1.29 is 143 Å². The zero-order valence-electron chi connectivity index (χ0n) is 99.7. The monoisotopic (exact) mass is 2100 g/mol. The van der Waals surface area contributed by atoms with Crippen LogP contribution >= 0.6 is 0 Å². The van der Waals surface area contributed by atoms with Gasteiger partial charge in [-0.2, -0.15) is 0 Å². The number of aliphatic imine (C=N–C) groups is 6. The van der Waals surface area contributed by atoms with Crippen LogP contribution in [-0.4, -0.2) is 347 Å². The minimum Gasteiger partial charge on any atom is -0.486 e. The summed E-state index contributed by atoms with van der Waals surface area (Å²) in [4.78, 5) is 149. The van der Waals surface area contributed by atoms with Crippen LogP contribution in [0, 0.1) is 5.92 Å². The maximum absolute atomic E-state index is 11.7. The SMILES string of the molecule is C.C=C(C)OC(C)C(=O)NC(C)(C)C.CC(=O)OCC(=O)NC(C)(C)C.CC(C=NC(C)(C)C)OC(=O)C(C)OC(=O)C(C)C.COC(C)C(=O)OCC(=O)OCC=NC(C)(C)C.COC(C)COC(C)C=NC(C)(C)C.COC(C)COC(C)C=NC(C)(C)C.COC(C)OC(C)C(=O)NC(C)(C)C.COCC(=O)NC(C)(C)C.COCC(=O)OC(C)C(=O)OC(C)C=NC(C)(C)C.COCCOCC=NC(C)(C)C. The predicted octanol–water partition coefficient (Wildman–Crippen LogP) is 15.6. The summed E-state index contributed by atoms with van der Waals surface area (Å²) in [7, 11) is 10.8. The zero-order valence-corrected chi connectivity index (χ0v) is 99.7. The molecule has 0 radical (unpaired) electrons. The summed E-state index contributed by atoms with van der Waals surface area (Å²) in [6.45, 7) is 92.3. The van der Waals surface area contributed by atoms with Crippen LogP contribution in [0.2, 0.25) is 0 Å². The van der Waals surface area contributed by atoms with E-state index in [1.54, 1.807) is 102 Å². The molecule has 0 aliphatic carbocycles. The first-order valence-corrected chi connectivity index (χ1v) is 48.6. The maximum Gasteiger partial charge on any atom is 0.347 e. The molecule has 12 atom stereocenters. The molecule has 0 saturated heterocycles. The molecule has 0 bridgehead atoms. The van der Waals surface area contributed by atoms with Gasteiger partial charge in [-0.05, 0) is 298 Å². The van der Waals surface area contributed by atoms with Crippen LogP contribution in [0.15, 0.2) is 42.3 Å². The highest BCUT2D eigenvalue weighted by Gasteiger charge is 2.27. The lowest BCUT2D eigenvalue weighted by Gasteiger charge is -2.24. The van der Waals surface area contributed by atoms with Crippen LogP contribution < -0.4 is 21.3 Å². The molecule has 146 heavy (non-hydrogen) atoms. The van der Waals surface area contributed by atoms with Crippen molar-refractivity contribution in [3.63, 3.8) is 0 Å². The highest BCUT2D eigenvalue weighted by Crippen LogP contribution is 2.14. The summed E-state index contributed by atoms with van der Waals surface area (Å²) in [6.07, 6.45) is 5.70. The van der Waals surface area contributed by atoms with Gasteiger partial charge in [-0.25, -0.2) is 24.0 Å². The van der Waals surface area contributed by atoms with E-state index in [1.807, 2.05) is 186 Å². The fraction of sp³-hybridized carbons (Fsp3) is 0.821. The minimum absolute atomic E-state index is 0. The quantitative estimate of drug-likeness (QED) is 0.0110. The number of hydrogen-bond donors (Lipinski definition) is 4. The number of nitrogens with one attached hydrogen (secondary N) is 4. The molecule has 4 N–H and O–H groups in total. The van der Waals surface area contributed by atoms with Gasteiger partial charge >= 0.3 is 41.8 Å². The lowest BCUT2D eigenvalue weighted by atomic mass is 10.1. The van der Waals surface area contributed by atoms with Gasteiger partial charge < -0.3 is 111 Å². The van der Waals surface area contributed by atoms with E-state index in [4.69, 9.17) is 71.1 Å². The lowest BCUT2D eigenvalue weighted by molar-refractivity contribution is -0.169. The third kappa shape index (κ3) is 135. The number of hydrogen-bond acceptors (Lipinski definition) is 36.